The van der Waals surface area contributed by atoms with Gasteiger partial charge in [-0.2, -0.15) is 0 Å². The molecule has 0 saturated carbocycles. The van der Waals surface area contributed by atoms with Crippen LogP contribution in [-0.4, -0.2) is 24.8 Å². The number of hydrogen-bond acceptors (Lipinski definition) is 3. The number of nitrogens with one attached hydrogen (secondary N) is 1. The molecule has 3 heteroatoms. The van der Waals surface area contributed by atoms with Gasteiger partial charge in [-0.1, -0.05) is 84.4 Å². The van der Waals surface area contributed by atoms with Gasteiger partial charge in [0.25, 0.3) is 0 Å². The molecule has 0 aromatic heterocycles. The molecule has 2 atom stereocenters. The van der Waals surface area contributed by atoms with Gasteiger partial charge in [0, 0.05) is 23.9 Å². The first-order valence-electron chi connectivity index (χ1n) is 10.8. The largest absolute Gasteiger partial charge is 0.354 e. The lowest BCUT2D eigenvalue weighted by atomic mass is 9.72. The lowest BCUT2D eigenvalue weighted by Crippen LogP contribution is -2.36. The van der Waals surface area contributed by atoms with Gasteiger partial charge in [0.1, 0.15) is 0 Å². The molecule has 3 aromatic rings. The third-order valence-corrected chi connectivity index (χ3v) is 6.23. The molecule has 30 heavy (non-hydrogen) atoms. The van der Waals surface area contributed by atoms with Gasteiger partial charge in [-0.25, -0.2) is 4.99 Å². The molecule has 1 aliphatic heterocycles. The van der Waals surface area contributed by atoms with Crippen LogP contribution in [0.15, 0.2) is 88.8 Å². The first-order chi connectivity index (χ1) is 14.8. The third-order valence-electron chi connectivity index (χ3n) is 6.23. The smallest absolute Gasteiger partial charge is 0.218 e. The number of guanidine groups is 1. The minimum absolute atomic E-state index is 0.382. The van der Waals surface area contributed by atoms with Crippen molar-refractivity contribution in [3.63, 3.8) is 0 Å². The fraction of sp³-hybridized carbons (Fsp3) is 0.259. The maximum absolute atomic E-state index is 4.97. The lowest BCUT2D eigenvalue weighted by Gasteiger charge is -2.34. The summed E-state index contributed by atoms with van der Waals surface area (Å²) in [5.41, 5.74) is 7.89. The van der Waals surface area contributed by atoms with Crippen LogP contribution in [0.2, 0.25) is 0 Å². The molecule has 150 valence electrons. The Hall–Kier alpha value is -3.20. The second kappa shape index (κ2) is 8.27. The van der Waals surface area contributed by atoms with E-state index in [-0.39, 0.29) is 0 Å². The summed E-state index contributed by atoms with van der Waals surface area (Å²) in [7, 11) is 0. The van der Waals surface area contributed by atoms with Crippen molar-refractivity contribution in [2.75, 3.05) is 13.1 Å². The molecule has 0 radical (unpaired) electrons. The van der Waals surface area contributed by atoms with Gasteiger partial charge in [-0.05, 0) is 36.5 Å². The lowest BCUT2D eigenvalue weighted by molar-refractivity contribution is 0.561. The Morgan fingerprint density at radius 2 is 1.67 bits per heavy atom. The van der Waals surface area contributed by atoms with E-state index in [1.165, 1.54) is 33.5 Å². The standard InChI is InChI=1S/C27H27N3/c1-19-11-13-20(14-12-19)15-16-28-27-29-18-22-17-25(21-7-3-2-4-8-21)23-9-5-6-10-24(23)26(22)30-27/h2-14,22,25H,15-18H2,1H3,(H,28,29). The van der Waals surface area contributed by atoms with Gasteiger partial charge < -0.3 is 5.32 Å². The number of benzene rings is 3. The Labute approximate surface area is 178 Å². The summed E-state index contributed by atoms with van der Waals surface area (Å²) >= 11 is 0. The zero-order valence-corrected chi connectivity index (χ0v) is 17.4. The van der Waals surface area contributed by atoms with Crippen LogP contribution in [0.1, 0.15) is 40.2 Å². The minimum Gasteiger partial charge on any atom is -0.354 e. The number of fused-ring (bicyclic) bond motifs is 3. The molecular formula is C27H27N3. The number of hydrogen-bond donors (Lipinski definition) is 1. The quantitative estimate of drug-likeness (QED) is 0.655. The first kappa shape index (κ1) is 18.8. The Morgan fingerprint density at radius 3 is 2.50 bits per heavy atom. The predicted octanol–water partition coefficient (Wildman–Crippen LogP) is 5.14. The Kier molecular flexibility index (Phi) is 5.18. The van der Waals surface area contributed by atoms with Crippen molar-refractivity contribution < 1.29 is 0 Å². The van der Waals surface area contributed by atoms with Crippen molar-refractivity contribution in [1.29, 1.82) is 0 Å². The molecule has 3 nitrogen and oxygen atoms in total. The van der Waals surface area contributed by atoms with Crippen molar-refractivity contribution in [2.24, 2.45) is 15.9 Å². The summed E-state index contributed by atoms with van der Waals surface area (Å²) < 4.78 is 0. The highest BCUT2D eigenvalue weighted by molar-refractivity contribution is 6.11. The molecule has 1 aliphatic carbocycles. The Balaban J connectivity index is 1.35. The summed E-state index contributed by atoms with van der Waals surface area (Å²) in [6.07, 6.45) is 2.04. The number of nitrogens with zero attached hydrogens (tertiary/aromatic N) is 2. The molecule has 5 rings (SSSR count). The molecule has 1 N–H and O–H groups in total. The predicted molar refractivity (Wildman–Crippen MR) is 125 cm³/mol. The second-order valence-electron chi connectivity index (χ2n) is 8.31. The van der Waals surface area contributed by atoms with Crippen LogP contribution >= 0.6 is 0 Å². The van der Waals surface area contributed by atoms with Crippen molar-refractivity contribution >= 4 is 11.7 Å². The van der Waals surface area contributed by atoms with E-state index >= 15 is 0 Å². The second-order valence-corrected chi connectivity index (χ2v) is 8.31. The van der Waals surface area contributed by atoms with E-state index in [2.05, 4.69) is 91.1 Å². The summed E-state index contributed by atoms with van der Waals surface area (Å²) in [5.74, 6) is 1.58. The number of aryl methyl sites for hydroxylation is 1. The van der Waals surface area contributed by atoms with Crippen LogP contribution in [-0.2, 0) is 6.42 Å². The third kappa shape index (κ3) is 3.80. The summed E-state index contributed by atoms with van der Waals surface area (Å²) in [6, 6.07) is 28.3. The normalized spacial score (nSPS) is 19.9. The van der Waals surface area contributed by atoms with Crippen LogP contribution in [0.4, 0.5) is 0 Å². The Morgan fingerprint density at radius 1 is 0.900 bits per heavy atom. The zero-order chi connectivity index (χ0) is 20.3. The van der Waals surface area contributed by atoms with Gasteiger partial charge in [-0.3, -0.25) is 4.99 Å². The molecular weight excluding hydrogens is 366 g/mol. The van der Waals surface area contributed by atoms with Gasteiger partial charge in [0.05, 0.1) is 12.3 Å². The van der Waals surface area contributed by atoms with E-state index in [9.17, 15) is 0 Å². The first-order valence-corrected chi connectivity index (χ1v) is 10.8. The molecule has 2 unspecified atom stereocenters. The number of rotatable bonds is 4. The van der Waals surface area contributed by atoms with E-state index in [0.717, 1.165) is 31.9 Å². The van der Waals surface area contributed by atoms with Crippen LogP contribution in [0, 0.1) is 12.8 Å². The van der Waals surface area contributed by atoms with Gasteiger partial charge in [0.15, 0.2) is 0 Å². The molecule has 1 heterocycles. The van der Waals surface area contributed by atoms with Gasteiger partial charge in [0.2, 0.25) is 5.96 Å². The molecule has 0 amide bonds. The molecule has 3 aromatic carbocycles. The van der Waals surface area contributed by atoms with E-state index in [1.54, 1.807) is 0 Å². The van der Waals surface area contributed by atoms with Crippen LogP contribution in [0.25, 0.3) is 0 Å². The van der Waals surface area contributed by atoms with E-state index in [0.29, 0.717) is 11.8 Å². The van der Waals surface area contributed by atoms with E-state index in [4.69, 9.17) is 9.98 Å². The average molecular weight is 394 g/mol. The zero-order valence-electron chi connectivity index (χ0n) is 17.4. The SMILES string of the molecule is Cc1ccc(CCNC2=NCC3CC(c4ccccc4)c4ccccc4C3=N2)cc1. The molecule has 0 bridgehead atoms. The summed E-state index contributed by atoms with van der Waals surface area (Å²) in [6.45, 7) is 3.77. The molecule has 0 spiro atoms. The van der Waals surface area contributed by atoms with Crippen LogP contribution in [0.5, 0.6) is 0 Å². The van der Waals surface area contributed by atoms with Crippen molar-refractivity contribution in [3.05, 3.63) is 107 Å². The average Bonchev–Trinajstić information content (AvgIpc) is 2.80. The summed E-state index contributed by atoms with van der Waals surface area (Å²) in [4.78, 5) is 9.75. The molecule has 0 saturated heterocycles. The fourth-order valence-corrected chi connectivity index (χ4v) is 4.61. The van der Waals surface area contributed by atoms with Crippen molar-refractivity contribution in [1.82, 2.24) is 5.32 Å². The van der Waals surface area contributed by atoms with Crippen LogP contribution < -0.4 is 5.32 Å². The fourth-order valence-electron chi connectivity index (χ4n) is 4.61. The number of aliphatic imine (C=N–C) groups is 2. The van der Waals surface area contributed by atoms with Gasteiger partial charge >= 0.3 is 0 Å². The topological polar surface area (TPSA) is 36.8 Å². The highest BCUT2D eigenvalue weighted by atomic mass is 15.1. The summed E-state index contributed by atoms with van der Waals surface area (Å²) in [5, 5.41) is 3.45. The van der Waals surface area contributed by atoms with E-state index in [1.807, 2.05) is 0 Å². The highest BCUT2D eigenvalue weighted by Gasteiger charge is 2.34. The van der Waals surface area contributed by atoms with Crippen LogP contribution in [0.3, 0.4) is 0 Å². The van der Waals surface area contributed by atoms with Gasteiger partial charge in [-0.15, -0.1) is 0 Å². The maximum Gasteiger partial charge on any atom is 0.218 e. The molecule has 2 aliphatic rings. The minimum atomic E-state index is 0.382. The highest BCUT2D eigenvalue weighted by Crippen LogP contribution is 2.40. The van der Waals surface area contributed by atoms with Crippen molar-refractivity contribution in [3.8, 4) is 0 Å². The van der Waals surface area contributed by atoms with E-state index < -0.39 is 0 Å². The molecule has 0 fully saturated rings. The maximum atomic E-state index is 4.97. The Bertz CT molecular complexity index is 1080. The monoisotopic (exact) mass is 393 g/mol. The van der Waals surface area contributed by atoms with Crippen molar-refractivity contribution in [2.45, 2.75) is 25.7 Å².